The zero-order valence-corrected chi connectivity index (χ0v) is 24.0. The van der Waals surface area contributed by atoms with Gasteiger partial charge in [0.2, 0.25) is 5.91 Å². The number of urea groups is 1. The average Bonchev–Trinajstić information content (AvgIpc) is 3.29. The number of imide groups is 1. The summed E-state index contributed by atoms with van der Waals surface area (Å²) in [6.07, 6.45) is 5.50. The molecule has 1 aliphatic heterocycles. The van der Waals surface area contributed by atoms with Gasteiger partial charge in [0.25, 0.3) is 5.91 Å². The van der Waals surface area contributed by atoms with Crippen molar-refractivity contribution in [2.75, 3.05) is 38.9 Å². The molecule has 0 saturated carbocycles. The zero-order valence-electron chi connectivity index (χ0n) is 24.0. The summed E-state index contributed by atoms with van der Waals surface area (Å²) in [5.41, 5.74) is 3.39. The monoisotopic (exact) mass is 569 g/mol. The third-order valence-electron chi connectivity index (χ3n) is 7.11. The number of ether oxygens (including phenoxy) is 3. The van der Waals surface area contributed by atoms with Crippen LogP contribution < -0.4 is 15.4 Å². The van der Waals surface area contributed by atoms with Crippen LogP contribution in [0.4, 0.5) is 10.5 Å². The predicted octanol–water partition coefficient (Wildman–Crippen LogP) is 4.42. The number of carbonyl (C=O) groups excluding carboxylic acids is 3. The second kappa shape index (κ2) is 14.3. The number of hydrogen-bond donors (Lipinski definition) is 2. The first kappa shape index (κ1) is 30.3. The fraction of sp³-hybridized carbons (Fsp3) is 0.303. The molecule has 3 atom stereocenters. The molecule has 9 nitrogen and oxygen atoms in total. The standard InChI is InChI=1S/C33H35N3O6/c1-5-24-11-16-28(22(2)21-24)34-31(37)30(23(3)25-9-7-6-8-10-25)36-32(38)29(35-33(36)39)26-12-14-27(15-13-26)42-20-19-41-18-17-40-4/h1,6-16,21,23,29-30H,17-20H2,2-4H3,(H,34,37)(H,35,39)/t23-,29?,30-/m0/s1. The van der Waals surface area contributed by atoms with Crippen LogP contribution >= 0.6 is 0 Å². The number of anilines is 1. The fourth-order valence-corrected chi connectivity index (χ4v) is 4.81. The van der Waals surface area contributed by atoms with Gasteiger partial charge in [0, 0.05) is 24.3 Å². The third-order valence-corrected chi connectivity index (χ3v) is 7.11. The number of aryl methyl sites for hydroxylation is 1. The van der Waals surface area contributed by atoms with E-state index in [1.807, 2.05) is 44.2 Å². The molecule has 1 heterocycles. The van der Waals surface area contributed by atoms with Crippen molar-refractivity contribution in [2.24, 2.45) is 0 Å². The second-order valence-corrected chi connectivity index (χ2v) is 9.92. The van der Waals surface area contributed by atoms with Gasteiger partial charge in [0.1, 0.15) is 24.4 Å². The summed E-state index contributed by atoms with van der Waals surface area (Å²) in [7, 11) is 1.61. The molecule has 0 radical (unpaired) electrons. The Morgan fingerprint density at radius 2 is 1.74 bits per heavy atom. The number of carbonyl (C=O) groups is 3. The Labute approximate surface area is 246 Å². The quantitative estimate of drug-likeness (QED) is 0.179. The maximum absolute atomic E-state index is 13.8. The third kappa shape index (κ3) is 7.16. The normalized spacial score (nSPS) is 16.0. The number of nitrogens with zero attached hydrogens (tertiary/aromatic N) is 1. The highest BCUT2D eigenvalue weighted by molar-refractivity contribution is 6.10. The number of hydrogen-bond acceptors (Lipinski definition) is 6. The van der Waals surface area contributed by atoms with E-state index in [0.29, 0.717) is 49.0 Å². The number of nitrogens with one attached hydrogen (secondary N) is 2. The number of amides is 4. The van der Waals surface area contributed by atoms with Crippen LogP contribution in [0, 0.1) is 19.3 Å². The number of rotatable bonds is 13. The lowest BCUT2D eigenvalue weighted by atomic mass is 9.91. The van der Waals surface area contributed by atoms with Gasteiger partial charge in [-0.15, -0.1) is 6.42 Å². The molecular formula is C33H35N3O6. The minimum absolute atomic E-state index is 0.356. The second-order valence-electron chi connectivity index (χ2n) is 9.92. The molecule has 218 valence electrons. The van der Waals surface area contributed by atoms with Crippen molar-refractivity contribution in [3.05, 3.63) is 95.1 Å². The lowest BCUT2D eigenvalue weighted by Gasteiger charge is -2.30. The summed E-state index contributed by atoms with van der Waals surface area (Å²) in [5, 5.41) is 5.67. The molecule has 1 unspecified atom stereocenters. The molecule has 3 aromatic rings. The fourth-order valence-electron chi connectivity index (χ4n) is 4.81. The summed E-state index contributed by atoms with van der Waals surface area (Å²) in [4.78, 5) is 41.9. The lowest BCUT2D eigenvalue weighted by Crippen LogP contribution is -2.50. The molecule has 1 saturated heterocycles. The largest absolute Gasteiger partial charge is 0.491 e. The molecule has 1 fully saturated rings. The van der Waals surface area contributed by atoms with Crippen LogP contribution in [-0.2, 0) is 19.1 Å². The van der Waals surface area contributed by atoms with Gasteiger partial charge in [-0.3, -0.25) is 9.59 Å². The smallest absolute Gasteiger partial charge is 0.325 e. The number of benzene rings is 3. The Balaban J connectivity index is 1.53. The summed E-state index contributed by atoms with van der Waals surface area (Å²) in [6, 6.07) is 18.8. The Hall–Kier alpha value is -4.65. The average molecular weight is 570 g/mol. The van der Waals surface area contributed by atoms with E-state index in [-0.39, 0.29) is 0 Å². The Morgan fingerprint density at radius 1 is 1.02 bits per heavy atom. The van der Waals surface area contributed by atoms with Crippen LogP contribution in [0.25, 0.3) is 0 Å². The first-order chi connectivity index (χ1) is 20.3. The highest BCUT2D eigenvalue weighted by Gasteiger charge is 2.47. The van der Waals surface area contributed by atoms with Crippen LogP contribution in [0.5, 0.6) is 5.75 Å². The Kier molecular flexibility index (Phi) is 10.3. The van der Waals surface area contributed by atoms with E-state index in [1.54, 1.807) is 49.6 Å². The summed E-state index contributed by atoms with van der Waals surface area (Å²) >= 11 is 0. The molecule has 4 amide bonds. The topological polar surface area (TPSA) is 106 Å². The molecule has 9 heteroatoms. The first-order valence-corrected chi connectivity index (χ1v) is 13.7. The number of methoxy groups -OCH3 is 1. The summed E-state index contributed by atoms with van der Waals surface area (Å²) in [5.74, 6) is 1.69. The molecule has 0 bridgehead atoms. The van der Waals surface area contributed by atoms with Crippen molar-refractivity contribution in [1.82, 2.24) is 10.2 Å². The molecule has 1 aliphatic rings. The molecule has 2 N–H and O–H groups in total. The van der Waals surface area contributed by atoms with E-state index >= 15 is 0 Å². The highest BCUT2D eigenvalue weighted by Crippen LogP contribution is 2.32. The van der Waals surface area contributed by atoms with E-state index < -0.39 is 35.8 Å². The Morgan fingerprint density at radius 3 is 2.40 bits per heavy atom. The molecule has 4 rings (SSSR count). The number of terminal acetylenes is 1. The summed E-state index contributed by atoms with van der Waals surface area (Å²) < 4.78 is 16.0. The van der Waals surface area contributed by atoms with Crippen molar-refractivity contribution in [3.63, 3.8) is 0 Å². The molecule has 3 aromatic carbocycles. The molecular weight excluding hydrogens is 534 g/mol. The van der Waals surface area contributed by atoms with Gasteiger partial charge >= 0.3 is 6.03 Å². The lowest BCUT2D eigenvalue weighted by molar-refractivity contribution is -0.134. The van der Waals surface area contributed by atoms with Crippen LogP contribution in [0.3, 0.4) is 0 Å². The molecule has 0 aromatic heterocycles. The van der Waals surface area contributed by atoms with E-state index in [9.17, 15) is 14.4 Å². The Bertz CT molecular complexity index is 1430. The minimum atomic E-state index is -1.11. The van der Waals surface area contributed by atoms with Gasteiger partial charge < -0.3 is 24.8 Å². The highest BCUT2D eigenvalue weighted by atomic mass is 16.5. The van der Waals surface area contributed by atoms with Crippen LogP contribution in [0.15, 0.2) is 72.8 Å². The maximum atomic E-state index is 13.8. The van der Waals surface area contributed by atoms with Crippen LogP contribution in [0.2, 0.25) is 0 Å². The van der Waals surface area contributed by atoms with Crippen LogP contribution in [0.1, 0.15) is 41.1 Å². The first-order valence-electron chi connectivity index (χ1n) is 13.7. The molecule has 42 heavy (non-hydrogen) atoms. The van der Waals surface area contributed by atoms with Gasteiger partial charge in [-0.1, -0.05) is 55.3 Å². The van der Waals surface area contributed by atoms with Crippen molar-refractivity contribution in [1.29, 1.82) is 0 Å². The molecule has 0 spiro atoms. The van der Waals surface area contributed by atoms with Gasteiger partial charge in [0.05, 0.1) is 19.8 Å². The predicted molar refractivity (Wildman–Crippen MR) is 159 cm³/mol. The van der Waals surface area contributed by atoms with Gasteiger partial charge in [-0.25, -0.2) is 9.69 Å². The van der Waals surface area contributed by atoms with Crippen LogP contribution in [-0.4, -0.2) is 62.3 Å². The SMILES string of the molecule is C#Cc1ccc(NC(=O)[C@H]([C@@H](C)c2ccccc2)N2C(=O)NC(c3ccc(OCCOCCOC)cc3)C2=O)c(C)c1. The minimum Gasteiger partial charge on any atom is -0.491 e. The van der Waals surface area contributed by atoms with E-state index in [1.165, 1.54) is 0 Å². The van der Waals surface area contributed by atoms with Gasteiger partial charge in [-0.05, 0) is 53.9 Å². The van der Waals surface area contributed by atoms with E-state index in [2.05, 4.69) is 16.6 Å². The van der Waals surface area contributed by atoms with E-state index in [4.69, 9.17) is 20.6 Å². The van der Waals surface area contributed by atoms with Crippen molar-refractivity contribution in [2.45, 2.75) is 31.8 Å². The van der Waals surface area contributed by atoms with E-state index in [0.717, 1.165) is 16.0 Å². The maximum Gasteiger partial charge on any atom is 0.325 e. The van der Waals surface area contributed by atoms with Crippen molar-refractivity contribution in [3.8, 4) is 18.1 Å². The summed E-state index contributed by atoms with van der Waals surface area (Å²) in [6.45, 7) is 5.42. The van der Waals surface area contributed by atoms with Gasteiger partial charge in [0.15, 0.2) is 0 Å². The van der Waals surface area contributed by atoms with Gasteiger partial charge in [-0.2, -0.15) is 0 Å². The molecule has 0 aliphatic carbocycles. The van der Waals surface area contributed by atoms with Crippen molar-refractivity contribution < 1.29 is 28.6 Å². The van der Waals surface area contributed by atoms with Crippen molar-refractivity contribution >= 4 is 23.5 Å². The zero-order chi connectivity index (χ0) is 30.1.